The Balaban J connectivity index is 1.57. The van der Waals surface area contributed by atoms with Crippen molar-refractivity contribution in [2.45, 2.75) is 64.7 Å². The van der Waals surface area contributed by atoms with Crippen LogP contribution in [-0.2, 0) is 16.0 Å². The number of aliphatic hydroxyl groups excluding tert-OH is 1. The maximum Gasteiger partial charge on any atom is 0.323 e. The van der Waals surface area contributed by atoms with E-state index in [0.29, 0.717) is 36.0 Å². The maximum atomic E-state index is 14.4. The lowest BCUT2D eigenvalue weighted by Crippen LogP contribution is -2.48. The number of nitrogens with zero attached hydrogens (tertiary/aromatic N) is 2. The Morgan fingerprint density at radius 1 is 1.02 bits per heavy atom. The summed E-state index contributed by atoms with van der Waals surface area (Å²) >= 11 is 0. The number of anilines is 2. The third kappa shape index (κ3) is 11.0. The van der Waals surface area contributed by atoms with Crippen molar-refractivity contribution in [3.05, 3.63) is 83.9 Å². The Kier molecular flexibility index (Phi) is 13.8. The third-order valence-corrected chi connectivity index (χ3v) is 8.74. The lowest BCUT2D eigenvalue weighted by atomic mass is 10.0. The number of carbonyl (C=O) groups excluding carboxylic acids is 3. The van der Waals surface area contributed by atoms with Crippen LogP contribution in [0.4, 0.5) is 16.2 Å². The molecule has 0 aliphatic carbocycles. The van der Waals surface area contributed by atoms with Gasteiger partial charge in [0.05, 0.1) is 44.0 Å². The molecule has 0 saturated carbocycles. The zero-order chi connectivity index (χ0) is 35.3. The van der Waals surface area contributed by atoms with E-state index in [1.807, 2.05) is 44.2 Å². The number of hydrogen-bond donors (Lipinski definition) is 3. The normalized spacial score (nSPS) is 19.4. The minimum Gasteiger partial charge on any atom is -0.497 e. The molecule has 4 amide bonds. The highest BCUT2D eigenvalue weighted by Crippen LogP contribution is 2.29. The molecule has 4 rings (SSSR count). The van der Waals surface area contributed by atoms with Gasteiger partial charge in [0.25, 0.3) is 5.91 Å². The zero-order valence-electron chi connectivity index (χ0n) is 29.2. The first-order valence-electron chi connectivity index (χ1n) is 16.9. The van der Waals surface area contributed by atoms with Crippen LogP contribution >= 0.6 is 0 Å². The summed E-state index contributed by atoms with van der Waals surface area (Å²) in [5.41, 5.74) is 2.19. The molecule has 11 heteroatoms. The number of hydrogen-bond acceptors (Lipinski definition) is 7. The minimum atomic E-state index is -0.527. The van der Waals surface area contributed by atoms with Gasteiger partial charge >= 0.3 is 6.03 Å². The van der Waals surface area contributed by atoms with E-state index in [-0.39, 0.29) is 55.1 Å². The summed E-state index contributed by atoms with van der Waals surface area (Å²) in [4.78, 5) is 43.7. The highest BCUT2D eigenvalue weighted by Gasteiger charge is 2.31. The minimum absolute atomic E-state index is 0.0194. The summed E-state index contributed by atoms with van der Waals surface area (Å²) in [7, 11) is 3.35. The molecule has 1 heterocycles. The summed E-state index contributed by atoms with van der Waals surface area (Å²) < 4.78 is 17.9. The quantitative estimate of drug-likeness (QED) is 0.260. The van der Waals surface area contributed by atoms with Crippen LogP contribution in [0, 0.1) is 5.92 Å². The van der Waals surface area contributed by atoms with Gasteiger partial charge in [0, 0.05) is 44.0 Å². The number of amides is 4. The molecule has 0 spiro atoms. The van der Waals surface area contributed by atoms with Gasteiger partial charge in [0.15, 0.2) is 0 Å². The number of benzene rings is 3. The van der Waals surface area contributed by atoms with Crippen LogP contribution in [0.2, 0.25) is 0 Å². The summed E-state index contributed by atoms with van der Waals surface area (Å²) in [6.07, 6.45) is 2.16. The standard InChI is InChI=1S/C38H50N4O7/c1-26-23-42(27(2)25-43)37(45)33-22-31(40-38(46)39-30-14-17-32(47-5)18-15-30)16-19-34(33)49-28(3)11-9-10-20-48-35(26)24-41(4)36(44)21-29-12-7-6-8-13-29/h6-8,12-19,22,26-28,35,43H,9-11,20-21,23-25H2,1-5H3,(H2,39,40,46)/t26-,27+,28-,35+/m1/s1. The number of ether oxygens (including phenoxy) is 3. The van der Waals surface area contributed by atoms with Gasteiger partial charge in [-0.25, -0.2) is 4.79 Å². The van der Waals surface area contributed by atoms with Gasteiger partial charge in [-0.1, -0.05) is 37.3 Å². The first-order chi connectivity index (χ1) is 23.6. The molecule has 3 N–H and O–H groups in total. The molecular weight excluding hydrogens is 624 g/mol. The topological polar surface area (TPSA) is 130 Å². The average Bonchev–Trinajstić information content (AvgIpc) is 3.10. The fourth-order valence-corrected chi connectivity index (χ4v) is 5.71. The molecule has 3 aromatic carbocycles. The Morgan fingerprint density at radius 2 is 1.71 bits per heavy atom. The average molecular weight is 675 g/mol. The van der Waals surface area contributed by atoms with Crippen LogP contribution in [0.3, 0.4) is 0 Å². The van der Waals surface area contributed by atoms with Crippen molar-refractivity contribution in [2.75, 3.05) is 51.1 Å². The number of nitrogens with one attached hydrogen (secondary N) is 2. The molecule has 4 atom stereocenters. The molecule has 0 unspecified atom stereocenters. The number of aliphatic hydroxyl groups is 1. The van der Waals surface area contributed by atoms with Gasteiger partial charge in [0.1, 0.15) is 11.5 Å². The summed E-state index contributed by atoms with van der Waals surface area (Å²) in [6.45, 7) is 6.61. The number of rotatable bonds is 9. The molecule has 3 aromatic rings. The summed E-state index contributed by atoms with van der Waals surface area (Å²) in [6, 6.07) is 20.6. The van der Waals surface area contributed by atoms with Crippen molar-refractivity contribution in [1.82, 2.24) is 9.80 Å². The van der Waals surface area contributed by atoms with Gasteiger partial charge in [-0.3, -0.25) is 9.59 Å². The molecule has 0 saturated heterocycles. The van der Waals surface area contributed by atoms with Crippen molar-refractivity contribution in [3.8, 4) is 11.5 Å². The Morgan fingerprint density at radius 3 is 2.41 bits per heavy atom. The van der Waals surface area contributed by atoms with E-state index in [2.05, 4.69) is 10.6 Å². The Labute approximate surface area is 289 Å². The first-order valence-corrected chi connectivity index (χ1v) is 16.9. The molecule has 1 aliphatic heterocycles. The van der Waals surface area contributed by atoms with E-state index in [0.717, 1.165) is 24.8 Å². The molecule has 0 bridgehead atoms. The van der Waals surface area contributed by atoms with Crippen LogP contribution in [0.25, 0.3) is 0 Å². The summed E-state index contributed by atoms with van der Waals surface area (Å²) in [5, 5.41) is 15.8. The zero-order valence-corrected chi connectivity index (χ0v) is 29.2. The number of fused-ring (bicyclic) bond motifs is 1. The predicted octanol–water partition coefficient (Wildman–Crippen LogP) is 5.84. The van der Waals surface area contributed by atoms with Crippen LogP contribution in [0.15, 0.2) is 72.8 Å². The lowest BCUT2D eigenvalue weighted by Gasteiger charge is -2.36. The van der Waals surface area contributed by atoms with Crippen molar-refractivity contribution in [3.63, 3.8) is 0 Å². The van der Waals surface area contributed by atoms with E-state index < -0.39 is 12.1 Å². The van der Waals surface area contributed by atoms with Crippen molar-refractivity contribution < 1.29 is 33.7 Å². The van der Waals surface area contributed by atoms with Crippen LogP contribution < -0.4 is 20.1 Å². The molecule has 11 nitrogen and oxygen atoms in total. The Hall–Kier alpha value is -4.61. The highest BCUT2D eigenvalue weighted by molar-refractivity contribution is 6.02. The van der Waals surface area contributed by atoms with E-state index in [1.165, 1.54) is 0 Å². The molecule has 49 heavy (non-hydrogen) atoms. The van der Waals surface area contributed by atoms with Crippen molar-refractivity contribution in [2.24, 2.45) is 5.92 Å². The molecule has 0 aromatic heterocycles. The second-order valence-electron chi connectivity index (χ2n) is 12.8. The molecule has 0 radical (unpaired) electrons. The van der Waals surface area contributed by atoms with Crippen molar-refractivity contribution >= 4 is 29.2 Å². The molecule has 0 fully saturated rings. The van der Waals surface area contributed by atoms with Crippen LogP contribution in [0.1, 0.15) is 56.0 Å². The number of urea groups is 1. The molecule has 264 valence electrons. The number of carbonyl (C=O) groups is 3. The van der Waals surface area contributed by atoms with Crippen LogP contribution in [0.5, 0.6) is 11.5 Å². The van der Waals surface area contributed by atoms with Gasteiger partial charge in [-0.05, 0) is 81.1 Å². The van der Waals surface area contributed by atoms with Gasteiger partial charge in [-0.2, -0.15) is 0 Å². The second-order valence-corrected chi connectivity index (χ2v) is 12.8. The fourth-order valence-electron chi connectivity index (χ4n) is 5.71. The first kappa shape index (κ1) is 37.2. The summed E-state index contributed by atoms with van der Waals surface area (Å²) in [5.74, 6) is 0.515. The van der Waals surface area contributed by atoms with Gasteiger partial charge < -0.3 is 39.8 Å². The van der Waals surface area contributed by atoms with Crippen LogP contribution in [-0.4, -0.2) is 91.5 Å². The number of likely N-dealkylation sites (N-methyl/N-ethyl adjacent to an activating group) is 1. The third-order valence-electron chi connectivity index (χ3n) is 8.74. The monoisotopic (exact) mass is 674 g/mol. The fraction of sp³-hybridized carbons (Fsp3) is 0.447. The Bertz CT molecular complexity index is 1520. The van der Waals surface area contributed by atoms with Crippen molar-refractivity contribution in [1.29, 1.82) is 0 Å². The maximum absolute atomic E-state index is 14.4. The smallest absolute Gasteiger partial charge is 0.323 e. The lowest BCUT2D eigenvalue weighted by molar-refractivity contribution is -0.131. The largest absolute Gasteiger partial charge is 0.497 e. The van der Waals surface area contributed by atoms with Gasteiger partial charge in [-0.15, -0.1) is 0 Å². The van der Waals surface area contributed by atoms with E-state index in [9.17, 15) is 19.5 Å². The SMILES string of the molecule is COc1ccc(NC(=O)Nc2ccc3c(c2)C(=O)N([C@@H](C)CO)C[C@@H](C)[C@H](CN(C)C(=O)Cc2ccccc2)OCCCC[C@@H](C)O3)cc1. The van der Waals surface area contributed by atoms with Gasteiger partial charge in [0.2, 0.25) is 5.91 Å². The van der Waals surface area contributed by atoms with E-state index in [4.69, 9.17) is 14.2 Å². The predicted molar refractivity (Wildman–Crippen MR) is 190 cm³/mol. The molecule has 1 aliphatic rings. The highest BCUT2D eigenvalue weighted by atomic mass is 16.5. The number of methoxy groups -OCH3 is 1. The molecular formula is C38H50N4O7. The van der Waals surface area contributed by atoms with E-state index >= 15 is 0 Å². The van der Waals surface area contributed by atoms with E-state index in [1.54, 1.807) is 73.3 Å². The second kappa shape index (κ2) is 18.2.